The lowest BCUT2D eigenvalue weighted by Gasteiger charge is -2.36. The highest BCUT2D eigenvalue weighted by molar-refractivity contribution is 14.0. The van der Waals surface area contributed by atoms with Gasteiger partial charge in [0.2, 0.25) is 0 Å². The summed E-state index contributed by atoms with van der Waals surface area (Å²) in [5.74, 6) is 1.11. The van der Waals surface area contributed by atoms with Crippen LogP contribution in [0, 0.1) is 5.41 Å². The number of ether oxygens (including phenoxy) is 1. The molecule has 3 heterocycles. The van der Waals surface area contributed by atoms with E-state index in [4.69, 9.17) is 16.3 Å². The van der Waals surface area contributed by atoms with E-state index in [1.807, 2.05) is 11.8 Å². The molecule has 3 rings (SSSR count). The van der Waals surface area contributed by atoms with Gasteiger partial charge in [-0.05, 0) is 19.4 Å². The van der Waals surface area contributed by atoms with Crippen LogP contribution >= 0.6 is 35.6 Å². The molecule has 0 aromatic carbocycles. The van der Waals surface area contributed by atoms with Gasteiger partial charge in [0.1, 0.15) is 5.82 Å². The number of aromatic nitrogens is 1. The molecule has 2 fully saturated rings. The van der Waals surface area contributed by atoms with Gasteiger partial charge in [-0.1, -0.05) is 18.5 Å². The first-order valence-electron chi connectivity index (χ1n) is 9.30. The summed E-state index contributed by atoms with van der Waals surface area (Å²) in [5, 5.41) is 6.64. The first-order valence-corrected chi connectivity index (χ1v) is 9.68. The Bertz CT molecular complexity index is 730. The largest absolute Gasteiger partial charge is 0.417 e. The number of aliphatic imine (C=N–C) groups is 1. The van der Waals surface area contributed by atoms with Gasteiger partial charge >= 0.3 is 6.18 Å². The zero-order chi connectivity index (χ0) is 20.4. The van der Waals surface area contributed by atoms with Crippen LogP contribution < -0.4 is 15.5 Å². The van der Waals surface area contributed by atoms with Gasteiger partial charge < -0.3 is 20.3 Å². The molecule has 1 unspecified atom stereocenters. The number of pyridine rings is 1. The van der Waals surface area contributed by atoms with Crippen molar-refractivity contribution in [2.45, 2.75) is 32.5 Å². The van der Waals surface area contributed by atoms with Crippen LogP contribution in [0.1, 0.15) is 25.8 Å². The first kappa shape index (κ1) is 24.3. The second-order valence-corrected chi connectivity index (χ2v) is 8.01. The van der Waals surface area contributed by atoms with Crippen molar-refractivity contribution in [3.05, 3.63) is 22.8 Å². The van der Waals surface area contributed by atoms with Crippen LogP contribution in [0.25, 0.3) is 0 Å². The van der Waals surface area contributed by atoms with Crippen molar-refractivity contribution in [1.82, 2.24) is 15.6 Å². The second-order valence-electron chi connectivity index (χ2n) is 7.60. The number of hydrogen-bond donors (Lipinski definition) is 2. The Morgan fingerprint density at radius 1 is 1.45 bits per heavy atom. The predicted octanol–water partition coefficient (Wildman–Crippen LogP) is 3.54. The molecule has 29 heavy (non-hydrogen) atoms. The summed E-state index contributed by atoms with van der Waals surface area (Å²) in [6.45, 7) is 8.21. The van der Waals surface area contributed by atoms with Gasteiger partial charge in [-0.2, -0.15) is 13.2 Å². The van der Waals surface area contributed by atoms with Gasteiger partial charge in [-0.3, -0.25) is 4.99 Å². The smallest absolute Gasteiger partial charge is 0.380 e. The molecule has 2 saturated heterocycles. The van der Waals surface area contributed by atoms with E-state index in [1.165, 1.54) is 0 Å². The molecule has 1 atom stereocenters. The summed E-state index contributed by atoms with van der Waals surface area (Å²) in [6, 6.07) is 1.03. The van der Waals surface area contributed by atoms with Gasteiger partial charge in [-0.25, -0.2) is 4.98 Å². The van der Waals surface area contributed by atoms with E-state index in [2.05, 4.69) is 27.5 Å². The zero-order valence-corrected chi connectivity index (χ0v) is 19.4. The van der Waals surface area contributed by atoms with Crippen molar-refractivity contribution in [1.29, 1.82) is 0 Å². The third kappa shape index (κ3) is 6.24. The number of nitrogens with zero attached hydrogens (tertiary/aromatic N) is 3. The predicted molar refractivity (Wildman–Crippen MR) is 118 cm³/mol. The average Bonchev–Trinajstić information content (AvgIpc) is 3.05. The van der Waals surface area contributed by atoms with E-state index in [1.54, 1.807) is 0 Å². The van der Waals surface area contributed by atoms with Crippen molar-refractivity contribution < 1.29 is 17.9 Å². The van der Waals surface area contributed by atoms with Crippen molar-refractivity contribution >= 4 is 47.4 Å². The number of rotatable bonds is 5. The molecule has 2 aliphatic heterocycles. The Kier molecular flexibility index (Phi) is 8.25. The topological polar surface area (TPSA) is 61.8 Å². The molecule has 2 aliphatic rings. The molecular weight excluding hydrogens is 522 g/mol. The summed E-state index contributed by atoms with van der Waals surface area (Å²) in [4.78, 5) is 10.5. The van der Waals surface area contributed by atoms with E-state index in [0.717, 1.165) is 31.2 Å². The molecule has 164 valence electrons. The van der Waals surface area contributed by atoms with Gasteiger partial charge in [0.25, 0.3) is 0 Å². The minimum Gasteiger partial charge on any atom is -0.380 e. The van der Waals surface area contributed by atoms with Gasteiger partial charge in [-0.15, -0.1) is 24.0 Å². The van der Waals surface area contributed by atoms with E-state index in [0.29, 0.717) is 38.7 Å². The summed E-state index contributed by atoms with van der Waals surface area (Å²) in [7, 11) is 0. The maximum Gasteiger partial charge on any atom is 0.417 e. The molecule has 1 aromatic heterocycles. The summed E-state index contributed by atoms with van der Waals surface area (Å²) < 4.78 is 43.6. The van der Waals surface area contributed by atoms with Crippen molar-refractivity contribution in [2.24, 2.45) is 10.4 Å². The number of guanidine groups is 1. The SMILES string of the molecule is CCNC(=NCC1(C)COC1)NC1CCN(c2ncc(C(F)(F)F)cc2Cl)C1.I. The fourth-order valence-electron chi connectivity index (χ4n) is 3.21. The van der Waals surface area contributed by atoms with Gasteiger partial charge in [0.15, 0.2) is 5.96 Å². The van der Waals surface area contributed by atoms with Crippen LogP contribution in [0.2, 0.25) is 5.02 Å². The minimum atomic E-state index is -4.45. The zero-order valence-electron chi connectivity index (χ0n) is 16.4. The summed E-state index contributed by atoms with van der Waals surface area (Å²) in [5.41, 5.74) is -0.757. The van der Waals surface area contributed by atoms with E-state index >= 15 is 0 Å². The number of halogens is 5. The Hall–Kier alpha value is -1.01. The molecule has 0 aliphatic carbocycles. The number of nitrogens with one attached hydrogen (secondary N) is 2. The van der Waals surface area contributed by atoms with Gasteiger partial charge in [0.05, 0.1) is 30.3 Å². The molecular formula is C18H26ClF3IN5O. The molecule has 0 spiro atoms. The van der Waals surface area contributed by atoms with Crippen LogP contribution in [0.15, 0.2) is 17.3 Å². The average molecular weight is 548 g/mol. The first-order chi connectivity index (χ1) is 13.2. The standard InChI is InChI=1S/C18H25ClF3N5O.HI/c1-3-23-16(25-9-17(2)10-28-11-17)26-13-4-5-27(8-13)15-14(19)6-12(7-24-15)18(20,21)22;/h6-7,13H,3-5,8-11H2,1-2H3,(H2,23,25,26);1H. The van der Waals surface area contributed by atoms with Gasteiger partial charge in [0, 0.05) is 37.3 Å². The monoisotopic (exact) mass is 547 g/mol. The quantitative estimate of drug-likeness (QED) is 0.336. The van der Waals surface area contributed by atoms with E-state index < -0.39 is 11.7 Å². The molecule has 2 N–H and O–H groups in total. The lowest BCUT2D eigenvalue weighted by Crippen LogP contribution is -2.47. The maximum atomic E-state index is 12.8. The molecule has 1 aromatic rings. The van der Waals surface area contributed by atoms with Crippen molar-refractivity contribution in [2.75, 3.05) is 44.3 Å². The maximum absolute atomic E-state index is 12.8. The molecule has 0 saturated carbocycles. The Balaban J connectivity index is 0.00000300. The summed E-state index contributed by atoms with van der Waals surface area (Å²) >= 11 is 6.07. The lowest BCUT2D eigenvalue weighted by molar-refractivity contribution is -0.137. The third-order valence-corrected chi connectivity index (χ3v) is 5.12. The van der Waals surface area contributed by atoms with Crippen LogP contribution in [0.4, 0.5) is 19.0 Å². The molecule has 0 bridgehead atoms. The fourth-order valence-corrected chi connectivity index (χ4v) is 3.50. The fraction of sp³-hybridized carbons (Fsp3) is 0.667. The number of anilines is 1. The molecule has 11 heteroatoms. The van der Waals surface area contributed by atoms with Crippen LogP contribution in [0.5, 0.6) is 0 Å². The minimum absolute atomic E-state index is 0. The molecule has 0 amide bonds. The Labute approximate surface area is 190 Å². The molecule has 6 nitrogen and oxygen atoms in total. The number of alkyl halides is 3. The second kappa shape index (κ2) is 9.86. The Morgan fingerprint density at radius 3 is 2.72 bits per heavy atom. The summed E-state index contributed by atoms with van der Waals surface area (Å²) in [6.07, 6.45) is -2.82. The van der Waals surface area contributed by atoms with Crippen molar-refractivity contribution in [3.8, 4) is 0 Å². The molecule has 0 radical (unpaired) electrons. The van der Waals surface area contributed by atoms with E-state index in [-0.39, 0.29) is 40.5 Å². The van der Waals surface area contributed by atoms with Crippen molar-refractivity contribution in [3.63, 3.8) is 0 Å². The van der Waals surface area contributed by atoms with Crippen LogP contribution in [0.3, 0.4) is 0 Å². The normalized spacial score (nSPS) is 21.4. The highest BCUT2D eigenvalue weighted by atomic mass is 127. The lowest BCUT2D eigenvalue weighted by atomic mass is 9.89. The van der Waals surface area contributed by atoms with Crippen LogP contribution in [-0.4, -0.2) is 56.4 Å². The number of hydrogen-bond acceptors (Lipinski definition) is 4. The Morgan fingerprint density at radius 2 is 2.17 bits per heavy atom. The highest BCUT2D eigenvalue weighted by Crippen LogP contribution is 2.34. The third-order valence-electron chi connectivity index (χ3n) is 4.84. The highest BCUT2D eigenvalue weighted by Gasteiger charge is 2.34. The van der Waals surface area contributed by atoms with Crippen LogP contribution in [-0.2, 0) is 10.9 Å². The van der Waals surface area contributed by atoms with E-state index in [9.17, 15) is 13.2 Å².